The van der Waals surface area contributed by atoms with E-state index in [1.807, 2.05) is 11.0 Å². The SMILES string of the molecule is COc1ccc([N+](=O)[O-])cc1O[C@H](C)C(=O)N1CCC(Cc2ccccc2)CC1. The van der Waals surface area contributed by atoms with E-state index in [9.17, 15) is 14.9 Å². The van der Waals surface area contributed by atoms with Gasteiger partial charge in [0.2, 0.25) is 0 Å². The zero-order chi connectivity index (χ0) is 20.8. The van der Waals surface area contributed by atoms with Crippen LogP contribution in [0.2, 0.25) is 0 Å². The monoisotopic (exact) mass is 398 g/mol. The topological polar surface area (TPSA) is 81.9 Å². The number of piperidine rings is 1. The van der Waals surface area contributed by atoms with Gasteiger partial charge >= 0.3 is 0 Å². The maximum Gasteiger partial charge on any atom is 0.273 e. The van der Waals surface area contributed by atoms with E-state index in [1.165, 1.54) is 30.9 Å². The zero-order valence-electron chi connectivity index (χ0n) is 16.7. The molecule has 0 unspecified atom stereocenters. The summed E-state index contributed by atoms with van der Waals surface area (Å²) in [6.07, 6.45) is 2.18. The Bertz CT molecular complexity index is 848. The molecule has 1 atom stereocenters. The highest BCUT2D eigenvalue weighted by atomic mass is 16.6. The highest BCUT2D eigenvalue weighted by Crippen LogP contribution is 2.32. The number of carbonyl (C=O) groups excluding carboxylic acids is 1. The summed E-state index contributed by atoms with van der Waals surface area (Å²) in [7, 11) is 1.46. The fourth-order valence-corrected chi connectivity index (χ4v) is 3.67. The lowest BCUT2D eigenvalue weighted by Crippen LogP contribution is -2.45. The van der Waals surface area contributed by atoms with Crippen molar-refractivity contribution >= 4 is 11.6 Å². The molecule has 1 heterocycles. The fourth-order valence-electron chi connectivity index (χ4n) is 3.67. The second-order valence-corrected chi connectivity index (χ2v) is 7.31. The number of benzene rings is 2. The van der Waals surface area contributed by atoms with E-state index >= 15 is 0 Å². The van der Waals surface area contributed by atoms with Gasteiger partial charge in [0.25, 0.3) is 11.6 Å². The minimum atomic E-state index is -0.753. The predicted molar refractivity (Wildman–Crippen MR) is 109 cm³/mol. The number of likely N-dealkylation sites (tertiary alicyclic amines) is 1. The van der Waals surface area contributed by atoms with Gasteiger partial charge in [0, 0.05) is 19.2 Å². The van der Waals surface area contributed by atoms with Crippen molar-refractivity contribution in [3.63, 3.8) is 0 Å². The molecule has 1 aliphatic rings. The number of methoxy groups -OCH3 is 1. The highest BCUT2D eigenvalue weighted by Gasteiger charge is 2.28. The Morgan fingerprint density at radius 3 is 2.48 bits per heavy atom. The van der Waals surface area contributed by atoms with Crippen LogP contribution in [0.25, 0.3) is 0 Å². The van der Waals surface area contributed by atoms with Crippen molar-refractivity contribution in [2.24, 2.45) is 5.92 Å². The first-order chi connectivity index (χ1) is 14.0. The van der Waals surface area contributed by atoms with Crippen LogP contribution in [0, 0.1) is 16.0 Å². The highest BCUT2D eigenvalue weighted by molar-refractivity contribution is 5.81. The number of nitro benzene ring substituents is 1. The number of hydrogen-bond acceptors (Lipinski definition) is 5. The lowest BCUT2D eigenvalue weighted by Gasteiger charge is -2.33. The average Bonchev–Trinajstić information content (AvgIpc) is 2.74. The molecule has 2 aromatic rings. The van der Waals surface area contributed by atoms with Crippen molar-refractivity contribution in [1.82, 2.24) is 4.90 Å². The molecule has 154 valence electrons. The van der Waals surface area contributed by atoms with Crippen molar-refractivity contribution in [3.05, 3.63) is 64.2 Å². The van der Waals surface area contributed by atoms with Crippen LogP contribution < -0.4 is 9.47 Å². The lowest BCUT2D eigenvalue weighted by molar-refractivity contribution is -0.385. The Morgan fingerprint density at radius 2 is 1.86 bits per heavy atom. The van der Waals surface area contributed by atoms with E-state index < -0.39 is 11.0 Å². The summed E-state index contributed by atoms with van der Waals surface area (Å²) in [6.45, 7) is 3.04. The first kappa shape index (κ1) is 20.6. The van der Waals surface area contributed by atoms with Crippen LogP contribution in [0.15, 0.2) is 48.5 Å². The third kappa shape index (κ3) is 5.25. The second-order valence-electron chi connectivity index (χ2n) is 7.31. The molecule has 0 N–H and O–H groups in total. The van der Waals surface area contributed by atoms with Gasteiger partial charge in [-0.15, -0.1) is 0 Å². The van der Waals surface area contributed by atoms with Gasteiger partial charge in [-0.3, -0.25) is 14.9 Å². The van der Waals surface area contributed by atoms with Gasteiger partial charge in [-0.2, -0.15) is 0 Å². The summed E-state index contributed by atoms with van der Waals surface area (Å²) < 4.78 is 10.9. The van der Waals surface area contributed by atoms with Gasteiger partial charge < -0.3 is 14.4 Å². The molecule has 29 heavy (non-hydrogen) atoms. The quantitative estimate of drug-likeness (QED) is 0.523. The lowest BCUT2D eigenvalue weighted by atomic mass is 9.90. The summed E-state index contributed by atoms with van der Waals surface area (Å²) in [4.78, 5) is 25.1. The van der Waals surface area contributed by atoms with E-state index in [0.29, 0.717) is 24.8 Å². The van der Waals surface area contributed by atoms with Gasteiger partial charge in [0.1, 0.15) is 0 Å². The van der Waals surface area contributed by atoms with E-state index in [1.54, 1.807) is 6.92 Å². The average molecular weight is 398 g/mol. The van der Waals surface area contributed by atoms with Crippen LogP contribution >= 0.6 is 0 Å². The van der Waals surface area contributed by atoms with E-state index in [-0.39, 0.29) is 17.3 Å². The molecule has 0 bridgehead atoms. The van der Waals surface area contributed by atoms with Crippen molar-refractivity contribution < 1.29 is 19.2 Å². The number of non-ortho nitro benzene ring substituents is 1. The largest absolute Gasteiger partial charge is 0.493 e. The van der Waals surface area contributed by atoms with Crippen LogP contribution in [0.3, 0.4) is 0 Å². The molecule has 1 saturated heterocycles. The molecule has 1 aliphatic heterocycles. The van der Waals surface area contributed by atoms with Crippen molar-refractivity contribution in [2.75, 3.05) is 20.2 Å². The number of nitrogens with zero attached hydrogens (tertiary/aromatic N) is 2. The van der Waals surface area contributed by atoms with Gasteiger partial charge in [-0.25, -0.2) is 0 Å². The molecule has 1 fully saturated rings. The molecule has 2 aromatic carbocycles. The Balaban J connectivity index is 1.57. The number of nitro groups is 1. The normalized spacial score (nSPS) is 15.6. The van der Waals surface area contributed by atoms with Gasteiger partial charge in [-0.05, 0) is 43.7 Å². The third-order valence-corrected chi connectivity index (χ3v) is 5.30. The van der Waals surface area contributed by atoms with Crippen LogP contribution in [-0.2, 0) is 11.2 Å². The van der Waals surface area contributed by atoms with Gasteiger partial charge in [0.15, 0.2) is 17.6 Å². The number of hydrogen-bond donors (Lipinski definition) is 0. The van der Waals surface area contributed by atoms with Crippen LogP contribution in [0.1, 0.15) is 25.3 Å². The summed E-state index contributed by atoms with van der Waals surface area (Å²) in [5.41, 5.74) is 1.22. The maximum absolute atomic E-state index is 12.8. The molecule has 1 amide bonds. The van der Waals surface area contributed by atoms with Crippen molar-refractivity contribution in [2.45, 2.75) is 32.3 Å². The van der Waals surface area contributed by atoms with Gasteiger partial charge in [0.05, 0.1) is 18.1 Å². The number of amides is 1. The summed E-state index contributed by atoms with van der Waals surface area (Å²) in [6, 6.07) is 14.5. The Labute approximate surface area is 170 Å². The number of ether oxygens (including phenoxy) is 2. The number of rotatable bonds is 7. The van der Waals surface area contributed by atoms with E-state index in [4.69, 9.17) is 9.47 Å². The van der Waals surface area contributed by atoms with Crippen molar-refractivity contribution in [3.8, 4) is 11.5 Å². The molecule has 0 spiro atoms. The molecule has 7 heteroatoms. The maximum atomic E-state index is 12.8. The summed E-state index contributed by atoms with van der Waals surface area (Å²) in [5.74, 6) is 1.00. The summed E-state index contributed by atoms with van der Waals surface area (Å²) in [5, 5.41) is 11.0. The molecule has 0 aliphatic carbocycles. The van der Waals surface area contributed by atoms with Gasteiger partial charge in [-0.1, -0.05) is 30.3 Å². The molecule has 0 radical (unpaired) electrons. The molecular formula is C22H26N2O5. The molecule has 0 aromatic heterocycles. The van der Waals surface area contributed by atoms with Crippen LogP contribution in [0.4, 0.5) is 5.69 Å². The Kier molecular flexibility index (Phi) is 6.69. The van der Waals surface area contributed by atoms with E-state index in [0.717, 1.165) is 19.3 Å². The van der Waals surface area contributed by atoms with Crippen LogP contribution in [0.5, 0.6) is 11.5 Å². The minimum Gasteiger partial charge on any atom is -0.493 e. The standard InChI is InChI=1S/C22H26N2O5/c1-16(29-21-15-19(24(26)27)8-9-20(21)28-2)22(25)23-12-10-18(11-13-23)14-17-6-4-3-5-7-17/h3-9,15-16,18H,10-14H2,1-2H3/t16-/m1/s1. The van der Waals surface area contributed by atoms with E-state index in [2.05, 4.69) is 24.3 Å². The molecule has 7 nitrogen and oxygen atoms in total. The van der Waals surface area contributed by atoms with Crippen LogP contribution in [-0.4, -0.2) is 42.0 Å². The first-order valence-corrected chi connectivity index (χ1v) is 9.79. The predicted octanol–water partition coefficient (Wildman–Crippen LogP) is 3.85. The molecule has 0 saturated carbocycles. The summed E-state index contributed by atoms with van der Waals surface area (Å²) >= 11 is 0. The molecule has 3 rings (SSSR count). The second kappa shape index (κ2) is 9.41. The third-order valence-electron chi connectivity index (χ3n) is 5.30. The zero-order valence-corrected chi connectivity index (χ0v) is 16.7. The Hall–Kier alpha value is -3.09. The smallest absolute Gasteiger partial charge is 0.273 e. The number of carbonyl (C=O) groups is 1. The Morgan fingerprint density at radius 1 is 1.17 bits per heavy atom. The molecular weight excluding hydrogens is 372 g/mol. The van der Waals surface area contributed by atoms with Crippen molar-refractivity contribution in [1.29, 1.82) is 0 Å². The fraction of sp³-hybridized carbons (Fsp3) is 0.409. The first-order valence-electron chi connectivity index (χ1n) is 9.79. The minimum absolute atomic E-state index is 0.109.